The van der Waals surface area contributed by atoms with Gasteiger partial charge in [0.05, 0.1) is 4.92 Å². The van der Waals surface area contributed by atoms with Crippen LogP contribution in [0.4, 0.5) is 11.5 Å². The van der Waals surface area contributed by atoms with Crippen LogP contribution in [-0.4, -0.2) is 34.9 Å². The van der Waals surface area contributed by atoms with Crippen LogP contribution in [0.3, 0.4) is 0 Å². The Bertz CT molecular complexity index is 646. The van der Waals surface area contributed by atoms with Crippen LogP contribution in [0.5, 0.6) is 0 Å². The Balaban J connectivity index is 1.74. The van der Waals surface area contributed by atoms with Gasteiger partial charge in [-0.25, -0.2) is 4.98 Å². The van der Waals surface area contributed by atoms with Crippen molar-refractivity contribution >= 4 is 11.5 Å². The number of nitrogens with zero attached hydrogens (tertiary/aromatic N) is 3. The van der Waals surface area contributed by atoms with E-state index in [4.69, 9.17) is 0 Å². The molecule has 0 amide bonds. The molecule has 122 valence electrons. The van der Waals surface area contributed by atoms with Crippen LogP contribution in [0.2, 0.25) is 0 Å². The zero-order valence-corrected chi connectivity index (χ0v) is 13.5. The first-order chi connectivity index (χ1) is 11.1. The van der Waals surface area contributed by atoms with Crippen molar-refractivity contribution < 1.29 is 4.92 Å². The van der Waals surface area contributed by atoms with Crippen LogP contribution in [0.1, 0.15) is 17.5 Å². The summed E-state index contributed by atoms with van der Waals surface area (Å²) in [7, 11) is 2.10. The molecule has 1 N–H and O–H groups in total. The molecule has 2 aromatic rings. The first-order valence-corrected chi connectivity index (χ1v) is 7.63. The largest absolute Gasteiger partial charge is 0.370 e. The zero-order chi connectivity index (χ0) is 16.7. The zero-order valence-electron chi connectivity index (χ0n) is 13.5. The van der Waals surface area contributed by atoms with E-state index in [9.17, 15) is 10.1 Å². The predicted octanol–water partition coefficient (Wildman–Crippen LogP) is 3.23. The summed E-state index contributed by atoms with van der Waals surface area (Å²) < 4.78 is 0. The third kappa shape index (κ3) is 5.34. The Morgan fingerprint density at radius 1 is 1.30 bits per heavy atom. The second-order valence-electron chi connectivity index (χ2n) is 5.62. The maximum Gasteiger partial charge on any atom is 0.287 e. The molecule has 0 aliphatic carbocycles. The quantitative estimate of drug-likeness (QED) is 0.460. The average molecular weight is 314 g/mol. The fraction of sp³-hybridized carbons (Fsp3) is 0.353. The molecule has 0 fully saturated rings. The van der Waals surface area contributed by atoms with Crippen molar-refractivity contribution in [1.29, 1.82) is 0 Å². The van der Waals surface area contributed by atoms with Crippen LogP contribution in [0.15, 0.2) is 42.6 Å². The van der Waals surface area contributed by atoms with E-state index in [0.717, 1.165) is 31.6 Å². The maximum atomic E-state index is 10.7. The molecule has 0 aliphatic rings. The van der Waals surface area contributed by atoms with Gasteiger partial charge in [-0.05, 0) is 38.1 Å². The number of hydrogen-bond donors (Lipinski definition) is 1. The lowest BCUT2D eigenvalue weighted by Crippen LogP contribution is -2.21. The van der Waals surface area contributed by atoms with Gasteiger partial charge in [-0.15, -0.1) is 0 Å². The molecule has 6 nitrogen and oxygen atoms in total. The minimum atomic E-state index is -0.428. The van der Waals surface area contributed by atoms with Crippen LogP contribution in [0, 0.1) is 17.0 Å². The summed E-state index contributed by atoms with van der Waals surface area (Å²) in [5, 5.41) is 13.9. The van der Waals surface area contributed by atoms with Gasteiger partial charge in [0.15, 0.2) is 0 Å². The van der Waals surface area contributed by atoms with Crippen molar-refractivity contribution in [2.24, 2.45) is 0 Å². The fourth-order valence-electron chi connectivity index (χ4n) is 2.37. The number of aromatic nitrogens is 1. The molecule has 0 saturated carbocycles. The molecule has 0 radical (unpaired) electrons. The van der Waals surface area contributed by atoms with E-state index in [-0.39, 0.29) is 5.69 Å². The van der Waals surface area contributed by atoms with Gasteiger partial charge in [0.25, 0.3) is 5.69 Å². The van der Waals surface area contributed by atoms with Gasteiger partial charge in [0.1, 0.15) is 12.0 Å². The number of aryl methyl sites for hydroxylation is 1. The van der Waals surface area contributed by atoms with Crippen molar-refractivity contribution in [3.05, 3.63) is 63.8 Å². The van der Waals surface area contributed by atoms with E-state index < -0.39 is 4.92 Å². The van der Waals surface area contributed by atoms with E-state index in [2.05, 4.69) is 34.4 Å². The molecule has 0 aliphatic heterocycles. The Morgan fingerprint density at radius 3 is 2.70 bits per heavy atom. The highest BCUT2D eigenvalue weighted by Gasteiger charge is 2.09. The average Bonchev–Trinajstić information content (AvgIpc) is 2.53. The molecular weight excluding hydrogens is 292 g/mol. The van der Waals surface area contributed by atoms with Crippen LogP contribution >= 0.6 is 0 Å². The molecule has 23 heavy (non-hydrogen) atoms. The molecule has 0 saturated heterocycles. The lowest BCUT2D eigenvalue weighted by atomic mass is 10.2. The molecule has 0 atom stereocenters. The number of hydrogen-bond acceptors (Lipinski definition) is 5. The lowest BCUT2D eigenvalue weighted by molar-refractivity contribution is -0.385. The van der Waals surface area contributed by atoms with Gasteiger partial charge in [0.2, 0.25) is 0 Å². The van der Waals surface area contributed by atoms with Crippen molar-refractivity contribution in [3.63, 3.8) is 0 Å². The molecule has 2 rings (SSSR count). The fourth-order valence-corrected chi connectivity index (χ4v) is 2.37. The molecule has 1 aromatic carbocycles. The summed E-state index contributed by atoms with van der Waals surface area (Å²) >= 11 is 0. The molecule has 1 heterocycles. The molecular formula is C17H22N4O2. The van der Waals surface area contributed by atoms with E-state index in [1.165, 1.54) is 17.8 Å². The Kier molecular flexibility index (Phi) is 6.05. The summed E-state index contributed by atoms with van der Waals surface area (Å²) in [6, 6.07) is 11.9. The molecule has 0 spiro atoms. The summed E-state index contributed by atoms with van der Waals surface area (Å²) in [5.41, 5.74) is 2.11. The number of nitrogens with one attached hydrogen (secondary N) is 1. The second kappa shape index (κ2) is 8.24. The number of anilines is 1. The van der Waals surface area contributed by atoms with E-state index in [0.29, 0.717) is 5.82 Å². The first-order valence-electron chi connectivity index (χ1n) is 7.63. The highest BCUT2D eigenvalue weighted by molar-refractivity contribution is 5.48. The molecule has 1 aromatic heterocycles. The third-order valence-corrected chi connectivity index (χ3v) is 3.58. The highest BCUT2D eigenvalue weighted by atomic mass is 16.6. The van der Waals surface area contributed by atoms with Gasteiger partial charge in [-0.3, -0.25) is 10.1 Å². The predicted molar refractivity (Wildman–Crippen MR) is 91.5 cm³/mol. The smallest absolute Gasteiger partial charge is 0.287 e. The summed E-state index contributed by atoms with van der Waals surface area (Å²) in [5.74, 6) is 0.710. The van der Waals surface area contributed by atoms with Gasteiger partial charge in [-0.1, -0.05) is 30.3 Å². The molecule has 0 unspecified atom stereocenters. The third-order valence-electron chi connectivity index (χ3n) is 3.58. The number of nitro groups is 1. The van der Waals surface area contributed by atoms with Gasteiger partial charge < -0.3 is 10.2 Å². The minimum Gasteiger partial charge on any atom is -0.370 e. The summed E-state index contributed by atoms with van der Waals surface area (Å²) in [6.07, 6.45) is 2.26. The van der Waals surface area contributed by atoms with Gasteiger partial charge in [0, 0.05) is 19.2 Å². The SMILES string of the molecule is Cc1cc([N+](=O)[O-])cnc1NCCCN(C)Cc1ccccc1. The van der Waals surface area contributed by atoms with Crippen LogP contribution in [0.25, 0.3) is 0 Å². The van der Waals surface area contributed by atoms with Gasteiger partial charge >= 0.3 is 0 Å². The Morgan fingerprint density at radius 2 is 2.04 bits per heavy atom. The van der Waals surface area contributed by atoms with Gasteiger partial charge in [-0.2, -0.15) is 0 Å². The van der Waals surface area contributed by atoms with E-state index >= 15 is 0 Å². The number of pyridine rings is 1. The minimum absolute atomic E-state index is 0.0237. The van der Waals surface area contributed by atoms with E-state index in [1.807, 2.05) is 25.1 Å². The number of rotatable bonds is 8. The monoisotopic (exact) mass is 314 g/mol. The van der Waals surface area contributed by atoms with Crippen molar-refractivity contribution in [1.82, 2.24) is 9.88 Å². The van der Waals surface area contributed by atoms with Crippen molar-refractivity contribution in [2.45, 2.75) is 19.9 Å². The Labute approximate surface area is 136 Å². The molecule has 6 heteroatoms. The summed E-state index contributed by atoms with van der Waals surface area (Å²) in [6.45, 7) is 4.50. The Hall–Kier alpha value is -2.47. The topological polar surface area (TPSA) is 71.3 Å². The molecule has 0 bridgehead atoms. The maximum absolute atomic E-state index is 10.7. The standard InChI is InChI=1S/C17H22N4O2/c1-14-11-16(21(22)23)12-19-17(14)18-9-6-10-20(2)13-15-7-4-3-5-8-15/h3-5,7-8,11-12H,6,9-10,13H2,1-2H3,(H,18,19). The number of benzene rings is 1. The van der Waals surface area contributed by atoms with Crippen LogP contribution in [-0.2, 0) is 6.54 Å². The highest BCUT2D eigenvalue weighted by Crippen LogP contribution is 2.17. The normalized spacial score (nSPS) is 10.7. The second-order valence-corrected chi connectivity index (χ2v) is 5.62. The van der Waals surface area contributed by atoms with E-state index in [1.54, 1.807) is 0 Å². The van der Waals surface area contributed by atoms with Crippen molar-refractivity contribution in [2.75, 3.05) is 25.5 Å². The van der Waals surface area contributed by atoms with Crippen molar-refractivity contribution in [3.8, 4) is 0 Å². The first kappa shape index (κ1) is 16.9. The van der Waals surface area contributed by atoms with Crippen LogP contribution < -0.4 is 5.32 Å². The summed E-state index contributed by atoms with van der Waals surface area (Å²) in [4.78, 5) is 16.6. The lowest BCUT2D eigenvalue weighted by Gasteiger charge is -2.17.